The van der Waals surface area contributed by atoms with Gasteiger partial charge in [-0.3, -0.25) is 4.79 Å². The molecule has 1 saturated heterocycles. The number of hydrogen-bond donors (Lipinski definition) is 1. The molecule has 8 heteroatoms. The molecule has 2 aromatic carbocycles. The zero-order chi connectivity index (χ0) is 19.4. The SMILES string of the molecule is COc1ccc(C(=O)Nc2ccc(S(=O)(=O)N3CCOCC3)cc2)cc1C. The van der Waals surface area contributed by atoms with Crippen LogP contribution < -0.4 is 10.1 Å². The molecule has 27 heavy (non-hydrogen) atoms. The summed E-state index contributed by atoms with van der Waals surface area (Å²) in [5.74, 6) is 0.439. The number of carbonyl (C=O) groups excluding carboxylic acids is 1. The third-order valence-corrected chi connectivity index (χ3v) is 6.29. The minimum absolute atomic E-state index is 0.197. The van der Waals surface area contributed by atoms with E-state index in [9.17, 15) is 13.2 Å². The number of ether oxygens (including phenoxy) is 2. The Morgan fingerprint density at radius 1 is 1.11 bits per heavy atom. The van der Waals surface area contributed by atoms with Gasteiger partial charge in [0.05, 0.1) is 25.2 Å². The lowest BCUT2D eigenvalue weighted by atomic mass is 10.1. The van der Waals surface area contributed by atoms with Crippen LogP contribution in [0.3, 0.4) is 0 Å². The predicted molar refractivity (Wildman–Crippen MR) is 102 cm³/mol. The summed E-state index contributed by atoms with van der Waals surface area (Å²) >= 11 is 0. The minimum atomic E-state index is -3.55. The first kappa shape index (κ1) is 19.3. The van der Waals surface area contributed by atoms with Crippen LogP contribution in [-0.4, -0.2) is 52.0 Å². The number of anilines is 1. The standard InChI is InChI=1S/C19H22N2O5S/c1-14-13-15(3-8-18(14)25-2)19(22)20-16-4-6-17(7-5-16)27(23,24)21-9-11-26-12-10-21/h3-8,13H,9-12H2,1-2H3,(H,20,22). The summed E-state index contributed by atoms with van der Waals surface area (Å²) in [6.07, 6.45) is 0. The molecule has 1 amide bonds. The highest BCUT2D eigenvalue weighted by molar-refractivity contribution is 7.89. The molecular formula is C19H22N2O5S. The molecular weight excluding hydrogens is 368 g/mol. The molecule has 0 aliphatic carbocycles. The van der Waals surface area contributed by atoms with Crippen LogP contribution in [0.25, 0.3) is 0 Å². The zero-order valence-corrected chi connectivity index (χ0v) is 16.1. The molecule has 0 radical (unpaired) electrons. The van der Waals surface area contributed by atoms with E-state index in [1.807, 2.05) is 6.92 Å². The van der Waals surface area contributed by atoms with Crippen molar-refractivity contribution in [2.45, 2.75) is 11.8 Å². The van der Waals surface area contributed by atoms with Crippen LogP contribution >= 0.6 is 0 Å². The molecule has 1 fully saturated rings. The number of hydrogen-bond acceptors (Lipinski definition) is 5. The van der Waals surface area contributed by atoms with Gasteiger partial charge in [0.1, 0.15) is 5.75 Å². The van der Waals surface area contributed by atoms with Gasteiger partial charge in [0.15, 0.2) is 0 Å². The van der Waals surface area contributed by atoms with Crippen LogP contribution in [0.1, 0.15) is 15.9 Å². The maximum Gasteiger partial charge on any atom is 0.255 e. The Hall–Kier alpha value is -2.42. The maximum absolute atomic E-state index is 12.6. The van der Waals surface area contributed by atoms with Crippen LogP contribution in [0.4, 0.5) is 5.69 Å². The normalized spacial score (nSPS) is 15.3. The van der Waals surface area contributed by atoms with E-state index < -0.39 is 10.0 Å². The van der Waals surface area contributed by atoms with Crippen molar-refractivity contribution < 1.29 is 22.7 Å². The molecule has 0 saturated carbocycles. The highest BCUT2D eigenvalue weighted by Gasteiger charge is 2.26. The largest absolute Gasteiger partial charge is 0.496 e. The maximum atomic E-state index is 12.6. The fourth-order valence-corrected chi connectivity index (χ4v) is 4.28. The second kappa shape index (κ2) is 8.08. The minimum Gasteiger partial charge on any atom is -0.496 e. The van der Waals surface area contributed by atoms with Crippen LogP contribution in [0.2, 0.25) is 0 Å². The van der Waals surface area contributed by atoms with Gasteiger partial charge in [0, 0.05) is 24.3 Å². The Morgan fingerprint density at radius 3 is 2.37 bits per heavy atom. The first-order valence-electron chi connectivity index (χ1n) is 8.56. The van der Waals surface area contributed by atoms with Crippen LogP contribution in [0.15, 0.2) is 47.4 Å². The predicted octanol–water partition coefficient (Wildman–Crippen LogP) is 2.28. The van der Waals surface area contributed by atoms with E-state index in [1.54, 1.807) is 37.4 Å². The van der Waals surface area contributed by atoms with E-state index in [1.165, 1.54) is 16.4 Å². The van der Waals surface area contributed by atoms with Gasteiger partial charge < -0.3 is 14.8 Å². The molecule has 1 heterocycles. The quantitative estimate of drug-likeness (QED) is 0.847. The Balaban J connectivity index is 1.72. The Kier molecular flexibility index (Phi) is 5.79. The first-order valence-corrected chi connectivity index (χ1v) is 10.00. The number of carbonyl (C=O) groups is 1. The van der Waals surface area contributed by atoms with Crippen molar-refractivity contribution in [1.29, 1.82) is 0 Å². The van der Waals surface area contributed by atoms with Crippen molar-refractivity contribution >= 4 is 21.6 Å². The van der Waals surface area contributed by atoms with Gasteiger partial charge in [-0.2, -0.15) is 4.31 Å². The van der Waals surface area contributed by atoms with Crippen molar-refractivity contribution in [3.8, 4) is 5.75 Å². The third kappa shape index (κ3) is 4.29. The third-order valence-electron chi connectivity index (χ3n) is 4.38. The van der Waals surface area contributed by atoms with E-state index in [2.05, 4.69) is 5.32 Å². The fraction of sp³-hybridized carbons (Fsp3) is 0.316. The molecule has 0 atom stereocenters. The second-order valence-corrected chi connectivity index (χ2v) is 8.12. The first-order chi connectivity index (χ1) is 12.9. The molecule has 0 spiro atoms. The average molecular weight is 390 g/mol. The van der Waals surface area contributed by atoms with Gasteiger partial charge in [0.25, 0.3) is 5.91 Å². The lowest BCUT2D eigenvalue weighted by Crippen LogP contribution is -2.40. The number of amides is 1. The molecule has 144 valence electrons. The summed E-state index contributed by atoms with van der Waals surface area (Å²) < 4.78 is 37.0. The molecule has 1 aliphatic rings. The van der Waals surface area contributed by atoms with Crippen molar-refractivity contribution in [2.24, 2.45) is 0 Å². The fourth-order valence-electron chi connectivity index (χ4n) is 2.87. The Bertz CT molecular complexity index is 920. The summed E-state index contributed by atoms with van der Waals surface area (Å²) in [5.41, 5.74) is 1.88. The molecule has 1 aliphatic heterocycles. The molecule has 1 N–H and O–H groups in total. The van der Waals surface area contributed by atoms with Gasteiger partial charge >= 0.3 is 0 Å². The van der Waals surface area contributed by atoms with E-state index in [0.29, 0.717) is 43.3 Å². The van der Waals surface area contributed by atoms with Crippen LogP contribution in [0, 0.1) is 6.92 Å². The summed E-state index contributed by atoms with van der Waals surface area (Å²) in [6.45, 7) is 3.35. The molecule has 3 rings (SSSR count). The van der Waals surface area contributed by atoms with Gasteiger partial charge in [-0.25, -0.2) is 8.42 Å². The molecule has 0 aromatic heterocycles. The number of sulfonamides is 1. The summed E-state index contributed by atoms with van der Waals surface area (Å²) in [6, 6.07) is 11.3. The van der Waals surface area contributed by atoms with E-state index in [0.717, 1.165) is 5.56 Å². The molecule has 0 unspecified atom stereocenters. The van der Waals surface area contributed by atoms with Gasteiger partial charge in [0.2, 0.25) is 10.0 Å². The van der Waals surface area contributed by atoms with E-state index >= 15 is 0 Å². The molecule has 2 aromatic rings. The van der Waals surface area contributed by atoms with Crippen molar-refractivity contribution in [3.63, 3.8) is 0 Å². The molecule has 0 bridgehead atoms. The number of nitrogens with zero attached hydrogens (tertiary/aromatic N) is 1. The average Bonchev–Trinajstić information content (AvgIpc) is 2.69. The van der Waals surface area contributed by atoms with Crippen molar-refractivity contribution in [2.75, 3.05) is 38.7 Å². The zero-order valence-electron chi connectivity index (χ0n) is 15.3. The summed E-state index contributed by atoms with van der Waals surface area (Å²) in [7, 11) is -1.97. The topological polar surface area (TPSA) is 84.9 Å². The highest BCUT2D eigenvalue weighted by Crippen LogP contribution is 2.21. The Morgan fingerprint density at radius 2 is 1.78 bits per heavy atom. The number of aryl methyl sites for hydroxylation is 1. The number of rotatable bonds is 5. The van der Waals surface area contributed by atoms with Crippen LogP contribution in [0.5, 0.6) is 5.75 Å². The van der Waals surface area contributed by atoms with Crippen molar-refractivity contribution in [1.82, 2.24) is 4.31 Å². The Labute approximate surface area is 158 Å². The van der Waals surface area contributed by atoms with E-state index in [-0.39, 0.29) is 10.8 Å². The lowest BCUT2D eigenvalue weighted by Gasteiger charge is -2.26. The van der Waals surface area contributed by atoms with Gasteiger partial charge in [-0.05, 0) is 55.0 Å². The highest BCUT2D eigenvalue weighted by atomic mass is 32.2. The monoisotopic (exact) mass is 390 g/mol. The summed E-state index contributed by atoms with van der Waals surface area (Å²) in [4.78, 5) is 12.6. The number of methoxy groups -OCH3 is 1. The smallest absolute Gasteiger partial charge is 0.255 e. The second-order valence-electron chi connectivity index (χ2n) is 6.18. The lowest BCUT2D eigenvalue weighted by molar-refractivity contribution is 0.0730. The number of morpholine rings is 1. The van der Waals surface area contributed by atoms with Gasteiger partial charge in [-0.15, -0.1) is 0 Å². The van der Waals surface area contributed by atoms with E-state index in [4.69, 9.17) is 9.47 Å². The molecule has 7 nitrogen and oxygen atoms in total. The summed E-state index contributed by atoms with van der Waals surface area (Å²) in [5, 5.41) is 2.77. The van der Waals surface area contributed by atoms with Gasteiger partial charge in [-0.1, -0.05) is 0 Å². The van der Waals surface area contributed by atoms with Crippen molar-refractivity contribution in [3.05, 3.63) is 53.6 Å². The number of nitrogens with one attached hydrogen (secondary N) is 1. The van der Waals surface area contributed by atoms with Crippen LogP contribution in [-0.2, 0) is 14.8 Å². The number of benzene rings is 2.